The van der Waals surface area contributed by atoms with Gasteiger partial charge in [0, 0.05) is 5.69 Å². The number of carbonyl (C=O) groups excluding carboxylic acids is 2. The minimum atomic E-state index is -0.619. The van der Waals surface area contributed by atoms with Crippen LogP contribution in [0.15, 0.2) is 89.5 Å². The van der Waals surface area contributed by atoms with Crippen molar-refractivity contribution in [2.45, 2.75) is 11.7 Å². The van der Waals surface area contributed by atoms with Crippen LogP contribution in [-0.2, 0) is 16.0 Å². The smallest absolute Gasteiger partial charge is 0.269 e. The second-order valence-electron chi connectivity index (χ2n) is 7.61. The number of rotatable bonds is 7. The van der Waals surface area contributed by atoms with E-state index in [-0.39, 0.29) is 16.5 Å². The van der Waals surface area contributed by atoms with Crippen molar-refractivity contribution < 1.29 is 19.1 Å². The Morgan fingerprint density at radius 2 is 1.69 bits per heavy atom. The van der Waals surface area contributed by atoms with Gasteiger partial charge in [0.05, 0.1) is 25.2 Å². The number of ether oxygens (including phenoxy) is 2. The van der Waals surface area contributed by atoms with Crippen molar-refractivity contribution in [2.75, 3.05) is 24.4 Å². The molecule has 3 aromatic carbocycles. The molecule has 1 aliphatic rings. The van der Waals surface area contributed by atoms with E-state index < -0.39 is 11.2 Å². The van der Waals surface area contributed by atoms with E-state index >= 15 is 0 Å². The molecule has 1 aliphatic heterocycles. The molecule has 3 aromatic rings. The molecule has 7 nitrogen and oxygen atoms in total. The molecule has 1 unspecified atom stereocenters. The fourth-order valence-electron chi connectivity index (χ4n) is 3.71. The molecule has 0 aliphatic carbocycles. The molecule has 0 radical (unpaired) electrons. The zero-order chi connectivity index (χ0) is 24.8. The predicted molar refractivity (Wildman–Crippen MR) is 136 cm³/mol. The van der Waals surface area contributed by atoms with Gasteiger partial charge in [0.2, 0.25) is 5.91 Å². The highest BCUT2D eigenvalue weighted by Crippen LogP contribution is 2.42. The van der Waals surface area contributed by atoms with E-state index in [1.54, 1.807) is 55.6 Å². The SMILES string of the molecule is COc1ccc(N2C(=O)C(Cc3ccccc3)S/C2=C(/C#N)C(=O)Nc2ccccc2OC)cc1. The second kappa shape index (κ2) is 10.8. The van der Waals surface area contributed by atoms with Crippen LogP contribution in [0.5, 0.6) is 11.5 Å². The fourth-order valence-corrected chi connectivity index (χ4v) is 5.02. The van der Waals surface area contributed by atoms with Crippen molar-refractivity contribution in [1.82, 2.24) is 0 Å². The van der Waals surface area contributed by atoms with Crippen LogP contribution in [0.3, 0.4) is 0 Å². The van der Waals surface area contributed by atoms with Gasteiger partial charge in [-0.25, -0.2) is 0 Å². The van der Waals surface area contributed by atoms with Gasteiger partial charge in [-0.2, -0.15) is 5.26 Å². The minimum Gasteiger partial charge on any atom is -0.497 e. The molecule has 0 saturated carbocycles. The number of benzene rings is 3. The molecular weight excluding hydrogens is 462 g/mol. The Morgan fingerprint density at radius 1 is 1.00 bits per heavy atom. The van der Waals surface area contributed by atoms with Crippen LogP contribution in [0.1, 0.15) is 5.56 Å². The Kier molecular flexibility index (Phi) is 7.38. The number of carbonyl (C=O) groups is 2. The van der Waals surface area contributed by atoms with E-state index in [0.717, 1.165) is 5.56 Å². The van der Waals surface area contributed by atoms with Crippen LogP contribution in [0.25, 0.3) is 0 Å². The van der Waals surface area contributed by atoms with Gasteiger partial charge in [-0.05, 0) is 48.4 Å². The average Bonchev–Trinajstić information content (AvgIpc) is 3.20. The van der Waals surface area contributed by atoms with E-state index in [0.29, 0.717) is 29.3 Å². The molecule has 4 rings (SSSR count). The summed E-state index contributed by atoms with van der Waals surface area (Å²) in [5.41, 5.74) is 1.82. The summed E-state index contributed by atoms with van der Waals surface area (Å²) in [5, 5.41) is 12.5. The van der Waals surface area contributed by atoms with Crippen molar-refractivity contribution in [1.29, 1.82) is 5.26 Å². The van der Waals surface area contributed by atoms with Gasteiger partial charge in [0.15, 0.2) is 0 Å². The van der Waals surface area contributed by atoms with Crippen molar-refractivity contribution in [3.05, 3.63) is 95.0 Å². The minimum absolute atomic E-state index is 0.152. The molecule has 1 fully saturated rings. The summed E-state index contributed by atoms with van der Waals surface area (Å²) < 4.78 is 10.5. The number of nitrogens with one attached hydrogen (secondary N) is 1. The summed E-state index contributed by atoms with van der Waals surface area (Å²) in [7, 11) is 3.06. The Labute approximate surface area is 208 Å². The molecular formula is C27H23N3O4S. The van der Waals surface area contributed by atoms with E-state index in [4.69, 9.17) is 9.47 Å². The number of thioether (sulfide) groups is 1. The van der Waals surface area contributed by atoms with E-state index in [9.17, 15) is 14.9 Å². The lowest BCUT2D eigenvalue weighted by Gasteiger charge is -2.19. The highest BCUT2D eigenvalue weighted by atomic mass is 32.2. The molecule has 176 valence electrons. The summed E-state index contributed by atoms with van der Waals surface area (Å²) in [5.74, 6) is 0.282. The van der Waals surface area contributed by atoms with Gasteiger partial charge in [0.1, 0.15) is 28.2 Å². The van der Waals surface area contributed by atoms with Crippen molar-refractivity contribution in [2.24, 2.45) is 0 Å². The quantitative estimate of drug-likeness (QED) is 0.383. The lowest BCUT2D eigenvalue weighted by molar-refractivity contribution is -0.117. The number of nitriles is 1. The summed E-state index contributed by atoms with van der Waals surface area (Å²) in [6.45, 7) is 0. The monoisotopic (exact) mass is 485 g/mol. The molecule has 1 heterocycles. The van der Waals surface area contributed by atoms with Crippen molar-refractivity contribution in [3.8, 4) is 17.6 Å². The fraction of sp³-hybridized carbons (Fsp3) is 0.148. The van der Waals surface area contributed by atoms with E-state index in [1.165, 1.54) is 23.8 Å². The maximum Gasteiger partial charge on any atom is 0.269 e. The molecule has 8 heteroatoms. The highest BCUT2D eigenvalue weighted by molar-refractivity contribution is 8.05. The Bertz CT molecular complexity index is 1300. The first-order valence-electron chi connectivity index (χ1n) is 10.8. The maximum atomic E-state index is 13.6. The molecule has 0 spiro atoms. The predicted octanol–water partition coefficient (Wildman–Crippen LogP) is 4.77. The van der Waals surface area contributed by atoms with E-state index in [1.807, 2.05) is 36.4 Å². The van der Waals surface area contributed by atoms with Gasteiger partial charge in [-0.3, -0.25) is 14.5 Å². The van der Waals surface area contributed by atoms with Crippen molar-refractivity contribution in [3.63, 3.8) is 0 Å². The normalized spacial score (nSPS) is 16.4. The first-order chi connectivity index (χ1) is 17.0. The number of hydrogen-bond acceptors (Lipinski definition) is 6. The van der Waals surface area contributed by atoms with E-state index in [2.05, 4.69) is 5.32 Å². The van der Waals surface area contributed by atoms with Crippen LogP contribution in [0.4, 0.5) is 11.4 Å². The standard InChI is InChI=1S/C27H23N3O4S/c1-33-20-14-12-19(13-15-20)30-26(32)24(16-18-8-4-3-5-9-18)35-27(30)21(17-28)25(31)29-22-10-6-7-11-23(22)34-2/h3-15,24H,16H2,1-2H3,(H,29,31)/b27-21-. The number of nitrogens with zero attached hydrogens (tertiary/aromatic N) is 2. The Hall–Kier alpha value is -4.22. The molecule has 1 saturated heterocycles. The van der Waals surface area contributed by atoms with Gasteiger partial charge < -0.3 is 14.8 Å². The first kappa shape index (κ1) is 23.9. The third-order valence-electron chi connectivity index (χ3n) is 5.46. The molecule has 1 N–H and O–H groups in total. The summed E-state index contributed by atoms with van der Waals surface area (Å²) >= 11 is 1.22. The summed E-state index contributed by atoms with van der Waals surface area (Å²) in [4.78, 5) is 28.2. The first-order valence-corrected chi connectivity index (χ1v) is 11.7. The van der Waals surface area contributed by atoms with Gasteiger partial charge in [-0.1, -0.05) is 54.2 Å². The zero-order valence-corrected chi connectivity index (χ0v) is 20.0. The van der Waals surface area contributed by atoms with Crippen LogP contribution in [0.2, 0.25) is 0 Å². The molecule has 35 heavy (non-hydrogen) atoms. The molecule has 0 aromatic heterocycles. The van der Waals surface area contributed by atoms with Crippen LogP contribution >= 0.6 is 11.8 Å². The Balaban J connectivity index is 1.73. The van der Waals surface area contributed by atoms with Crippen LogP contribution < -0.4 is 19.7 Å². The van der Waals surface area contributed by atoms with Crippen LogP contribution in [-0.4, -0.2) is 31.3 Å². The van der Waals surface area contributed by atoms with Crippen molar-refractivity contribution >= 4 is 35.0 Å². The number of amides is 2. The highest BCUT2D eigenvalue weighted by Gasteiger charge is 2.40. The Morgan fingerprint density at radius 3 is 2.34 bits per heavy atom. The average molecular weight is 486 g/mol. The van der Waals surface area contributed by atoms with Gasteiger partial charge in [-0.15, -0.1) is 0 Å². The largest absolute Gasteiger partial charge is 0.497 e. The topological polar surface area (TPSA) is 91.7 Å². The lowest BCUT2D eigenvalue weighted by Crippen LogP contribution is -2.30. The van der Waals surface area contributed by atoms with Gasteiger partial charge in [0.25, 0.3) is 5.91 Å². The third kappa shape index (κ3) is 5.15. The zero-order valence-electron chi connectivity index (χ0n) is 19.2. The molecule has 2 amide bonds. The number of hydrogen-bond donors (Lipinski definition) is 1. The second-order valence-corrected chi connectivity index (χ2v) is 8.81. The maximum absolute atomic E-state index is 13.6. The number of anilines is 2. The van der Waals surface area contributed by atoms with Gasteiger partial charge >= 0.3 is 0 Å². The summed E-state index contributed by atoms with van der Waals surface area (Å²) in [6, 6.07) is 25.5. The summed E-state index contributed by atoms with van der Waals surface area (Å²) in [6.07, 6.45) is 0.466. The van der Waals surface area contributed by atoms with Crippen LogP contribution in [0, 0.1) is 11.3 Å². The molecule has 1 atom stereocenters. The number of para-hydroxylation sites is 2. The lowest BCUT2D eigenvalue weighted by atomic mass is 10.1. The number of methoxy groups -OCH3 is 2. The molecule has 0 bridgehead atoms. The third-order valence-corrected chi connectivity index (χ3v) is 6.72.